The molecule has 0 aliphatic heterocycles. The van der Waals surface area contributed by atoms with E-state index in [0.29, 0.717) is 25.7 Å². The minimum absolute atomic E-state index is 0.251. The normalized spacial score (nSPS) is 11.3. The van der Waals surface area contributed by atoms with E-state index in [9.17, 15) is 4.39 Å². The summed E-state index contributed by atoms with van der Waals surface area (Å²) in [5.74, 6) is 0.584. The Kier molecular flexibility index (Phi) is 5.76. The molecule has 0 unspecified atom stereocenters. The van der Waals surface area contributed by atoms with Gasteiger partial charge in [0, 0.05) is 20.2 Å². The Morgan fingerprint density at radius 3 is 2.91 bits per heavy atom. The Morgan fingerprint density at radius 2 is 2.23 bits per heavy atom. The lowest BCUT2D eigenvalue weighted by Gasteiger charge is -2.21. The van der Waals surface area contributed by atoms with Crippen molar-refractivity contribution < 1.29 is 13.7 Å². The number of rotatable bonds is 6. The van der Waals surface area contributed by atoms with Gasteiger partial charge in [-0.15, -0.1) is 0 Å². The van der Waals surface area contributed by atoms with Gasteiger partial charge in [0.2, 0.25) is 0 Å². The summed E-state index contributed by atoms with van der Waals surface area (Å²) >= 11 is 0. The molecule has 0 atom stereocenters. The third-order valence-electron chi connectivity index (χ3n) is 3.01. The van der Waals surface area contributed by atoms with Crippen LogP contribution in [0.1, 0.15) is 5.69 Å². The van der Waals surface area contributed by atoms with Crippen LogP contribution in [0.5, 0.6) is 5.75 Å². The standard InChI is InChI=1S/C15H19FN4O2/c1-17-15(18-11-12-7-9-22-19-12)20(2)8-10-21-14-6-4-3-5-13(14)16/h3-7,9H,8,10-11H2,1-2H3,(H,17,18). The molecule has 1 N–H and O–H groups in total. The van der Waals surface area contributed by atoms with Crippen molar-refractivity contribution in [2.45, 2.75) is 6.54 Å². The molecule has 0 bridgehead atoms. The van der Waals surface area contributed by atoms with Gasteiger partial charge in [-0.05, 0) is 12.1 Å². The van der Waals surface area contributed by atoms with Gasteiger partial charge in [-0.2, -0.15) is 0 Å². The average Bonchev–Trinajstić information content (AvgIpc) is 3.03. The predicted molar refractivity (Wildman–Crippen MR) is 81.2 cm³/mol. The number of nitrogens with one attached hydrogen (secondary N) is 1. The molecule has 118 valence electrons. The Bertz CT molecular complexity index is 601. The van der Waals surface area contributed by atoms with Crippen LogP contribution < -0.4 is 10.1 Å². The van der Waals surface area contributed by atoms with Crippen LogP contribution in [0.2, 0.25) is 0 Å². The zero-order valence-electron chi connectivity index (χ0n) is 12.6. The molecule has 0 saturated heterocycles. The summed E-state index contributed by atoms with van der Waals surface area (Å²) in [5.41, 5.74) is 0.789. The fourth-order valence-corrected chi connectivity index (χ4v) is 1.84. The molecule has 0 saturated carbocycles. The Morgan fingerprint density at radius 1 is 1.41 bits per heavy atom. The molecule has 2 rings (SSSR count). The largest absolute Gasteiger partial charge is 0.489 e. The van der Waals surface area contributed by atoms with Crippen LogP contribution in [0.25, 0.3) is 0 Å². The van der Waals surface area contributed by atoms with Crippen LogP contribution in [0.3, 0.4) is 0 Å². The molecule has 0 fully saturated rings. The van der Waals surface area contributed by atoms with Crippen molar-refractivity contribution >= 4 is 5.96 Å². The van der Waals surface area contributed by atoms with Crippen LogP contribution in [-0.4, -0.2) is 43.3 Å². The van der Waals surface area contributed by atoms with E-state index in [2.05, 4.69) is 15.5 Å². The summed E-state index contributed by atoms with van der Waals surface area (Å²) in [4.78, 5) is 6.06. The summed E-state index contributed by atoms with van der Waals surface area (Å²) in [6, 6.07) is 8.12. The maximum Gasteiger partial charge on any atom is 0.193 e. The van der Waals surface area contributed by atoms with Gasteiger partial charge in [0.05, 0.1) is 13.1 Å². The van der Waals surface area contributed by atoms with Gasteiger partial charge < -0.3 is 19.5 Å². The topological polar surface area (TPSA) is 62.9 Å². The molecule has 2 aromatic rings. The zero-order chi connectivity index (χ0) is 15.8. The molecule has 1 aromatic carbocycles. The molecule has 0 aliphatic carbocycles. The maximum absolute atomic E-state index is 13.4. The zero-order valence-corrected chi connectivity index (χ0v) is 12.6. The van der Waals surface area contributed by atoms with E-state index in [4.69, 9.17) is 9.26 Å². The molecule has 0 aliphatic rings. The highest BCUT2D eigenvalue weighted by molar-refractivity contribution is 5.79. The highest BCUT2D eigenvalue weighted by atomic mass is 19.1. The van der Waals surface area contributed by atoms with Crippen molar-refractivity contribution in [1.82, 2.24) is 15.4 Å². The van der Waals surface area contributed by atoms with Gasteiger partial charge in [0.25, 0.3) is 0 Å². The number of aliphatic imine (C=N–C) groups is 1. The number of hydrogen-bond acceptors (Lipinski definition) is 4. The molecular formula is C15H19FN4O2. The molecule has 22 heavy (non-hydrogen) atoms. The number of likely N-dealkylation sites (N-methyl/N-ethyl adjacent to an activating group) is 1. The molecule has 6 nitrogen and oxygen atoms in total. The lowest BCUT2D eigenvalue weighted by molar-refractivity contribution is 0.270. The van der Waals surface area contributed by atoms with Gasteiger partial charge in [-0.1, -0.05) is 17.3 Å². The Hall–Kier alpha value is -2.57. The third-order valence-corrected chi connectivity index (χ3v) is 3.01. The van der Waals surface area contributed by atoms with Crippen molar-refractivity contribution in [1.29, 1.82) is 0 Å². The van der Waals surface area contributed by atoms with Crippen LogP contribution in [0, 0.1) is 5.82 Å². The lowest BCUT2D eigenvalue weighted by atomic mass is 10.3. The molecule has 0 spiro atoms. The second-order valence-electron chi connectivity index (χ2n) is 4.59. The number of para-hydroxylation sites is 1. The first-order valence-corrected chi connectivity index (χ1v) is 6.89. The Balaban J connectivity index is 1.77. The average molecular weight is 306 g/mol. The van der Waals surface area contributed by atoms with Gasteiger partial charge >= 0.3 is 0 Å². The second-order valence-corrected chi connectivity index (χ2v) is 4.59. The molecular weight excluding hydrogens is 287 g/mol. The number of aromatic nitrogens is 1. The highest BCUT2D eigenvalue weighted by Gasteiger charge is 2.07. The quantitative estimate of drug-likeness (QED) is 0.652. The first-order chi connectivity index (χ1) is 10.7. The van der Waals surface area contributed by atoms with E-state index in [1.54, 1.807) is 31.3 Å². The number of nitrogens with zero attached hydrogens (tertiary/aromatic N) is 3. The Labute approximate surface area is 128 Å². The fraction of sp³-hybridized carbons (Fsp3) is 0.333. The smallest absolute Gasteiger partial charge is 0.193 e. The van der Waals surface area contributed by atoms with Gasteiger partial charge in [0.15, 0.2) is 17.5 Å². The van der Waals surface area contributed by atoms with E-state index in [1.807, 2.05) is 11.9 Å². The molecule has 0 radical (unpaired) electrons. The number of guanidine groups is 1. The molecule has 0 amide bonds. The number of halogens is 1. The minimum atomic E-state index is -0.362. The summed E-state index contributed by atoms with van der Waals surface area (Å²) < 4.78 is 23.6. The lowest BCUT2D eigenvalue weighted by Crippen LogP contribution is -2.40. The highest BCUT2D eigenvalue weighted by Crippen LogP contribution is 2.14. The summed E-state index contributed by atoms with van der Waals surface area (Å²) in [6.45, 7) is 1.43. The second kappa shape index (κ2) is 8.02. The van der Waals surface area contributed by atoms with E-state index < -0.39 is 0 Å². The van der Waals surface area contributed by atoms with E-state index in [-0.39, 0.29) is 11.6 Å². The summed E-state index contributed by atoms with van der Waals surface area (Å²) in [6.07, 6.45) is 1.52. The van der Waals surface area contributed by atoms with Crippen molar-refractivity contribution in [3.05, 3.63) is 48.1 Å². The van der Waals surface area contributed by atoms with Crippen LogP contribution >= 0.6 is 0 Å². The third kappa shape index (κ3) is 4.47. The van der Waals surface area contributed by atoms with Crippen LogP contribution in [0.4, 0.5) is 4.39 Å². The minimum Gasteiger partial charge on any atom is -0.489 e. The number of hydrogen-bond donors (Lipinski definition) is 1. The maximum atomic E-state index is 13.4. The van der Waals surface area contributed by atoms with Gasteiger partial charge in [-0.25, -0.2) is 4.39 Å². The van der Waals surface area contributed by atoms with Crippen molar-refractivity contribution in [3.8, 4) is 5.75 Å². The van der Waals surface area contributed by atoms with Crippen molar-refractivity contribution in [2.75, 3.05) is 27.2 Å². The number of benzene rings is 1. The van der Waals surface area contributed by atoms with Gasteiger partial charge in [0.1, 0.15) is 18.6 Å². The first-order valence-electron chi connectivity index (χ1n) is 6.89. The summed E-state index contributed by atoms with van der Waals surface area (Å²) in [7, 11) is 3.57. The summed E-state index contributed by atoms with van der Waals surface area (Å²) in [5, 5.41) is 6.97. The fourth-order valence-electron chi connectivity index (χ4n) is 1.84. The van der Waals surface area contributed by atoms with E-state index >= 15 is 0 Å². The monoisotopic (exact) mass is 306 g/mol. The van der Waals surface area contributed by atoms with Crippen LogP contribution in [0.15, 0.2) is 46.1 Å². The van der Waals surface area contributed by atoms with Crippen molar-refractivity contribution in [2.24, 2.45) is 4.99 Å². The predicted octanol–water partition coefficient (Wildman–Crippen LogP) is 1.90. The number of ether oxygens (including phenoxy) is 1. The van der Waals surface area contributed by atoms with Gasteiger partial charge in [-0.3, -0.25) is 4.99 Å². The van der Waals surface area contributed by atoms with Crippen LogP contribution in [-0.2, 0) is 6.54 Å². The SMILES string of the molecule is CN=C(NCc1ccon1)N(C)CCOc1ccccc1F. The molecule has 1 heterocycles. The van der Waals surface area contributed by atoms with Crippen molar-refractivity contribution in [3.63, 3.8) is 0 Å². The molecule has 7 heteroatoms. The first kappa shape index (κ1) is 15.8. The van der Waals surface area contributed by atoms with E-state index in [1.165, 1.54) is 12.3 Å². The molecule has 1 aromatic heterocycles. The van der Waals surface area contributed by atoms with E-state index in [0.717, 1.165) is 5.69 Å².